The Kier molecular flexibility index (Phi) is 4.29. The smallest absolute Gasteiger partial charge is 0.157 e. The molecule has 0 heterocycles. The van der Waals surface area contributed by atoms with Gasteiger partial charge in [-0.25, -0.2) is 0 Å². The van der Waals surface area contributed by atoms with Gasteiger partial charge >= 0.3 is 0 Å². The lowest BCUT2D eigenvalue weighted by molar-refractivity contribution is 0.403. The largest absolute Gasteiger partial charge is 0.504 e. The van der Waals surface area contributed by atoms with Crippen LogP contribution in [0, 0.1) is 0 Å². The van der Waals surface area contributed by atoms with Crippen molar-refractivity contribution in [2.45, 2.75) is 25.7 Å². The van der Waals surface area contributed by atoms with Crippen LogP contribution in [0.25, 0.3) is 10.8 Å². The molecule has 0 aliphatic rings. The molecule has 0 fully saturated rings. The van der Waals surface area contributed by atoms with E-state index in [1.807, 2.05) is 6.07 Å². The van der Waals surface area contributed by atoms with Gasteiger partial charge in [0.05, 0.1) is 0 Å². The summed E-state index contributed by atoms with van der Waals surface area (Å²) in [7, 11) is 0. The van der Waals surface area contributed by atoms with Crippen LogP contribution in [0.3, 0.4) is 0 Å². The van der Waals surface area contributed by atoms with Gasteiger partial charge in [0.15, 0.2) is 11.5 Å². The molecule has 0 spiro atoms. The molecular weight excluding hydrogens is 272 g/mol. The van der Waals surface area contributed by atoms with Gasteiger partial charge < -0.3 is 10.2 Å². The van der Waals surface area contributed by atoms with E-state index in [-0.39, 0.29) is 11.5 Å². The van der Waals surface area contributed by atoms with E-state index in [2.05, 4.69) is 42.5 Å². The molecule has 0 bridgehead atoms. The molecular formula is C20H20O2. The number of rotatable bonds is 5. The van der Waals surface area contributed by atoms with Crippen molar-refractivity contribution in [3.63, 3.8) is 0 Å². The van der Waals surface area contributed by atoms with Gasteiger partial charge in [0, 0.05) is 0 Å². The van der Waals surface area contributed by atoms with E-state index in [9.17, 15) is 10.2 Å². The first kappa shape index (κ1) is 14.5. The van der Waals surface area contributed by atoms with Crippen molar-refractivity contribution >= 4 is 10.8 Å². The van der Waals surface area contributed by atoms with E-state index in [1.165, 1.54) is 16.3 Å². The lowest BCUT2D eigenvalue weighted by Gasteiger charge is -2.07. The van der Waals surface area contributed by atoms with Gasteiger partial charge in [-0.1, -0.05) is 48.5 Å². The van der Waals surface area contributed by atoms with Gasteiger partial charge in [-0.15, -0.1) is 0 Å². The highest BCUT2D eigenvalue weighted by Crippen LogP contribution is 2.26. The summed E-state index contributed by atoms with van der Waals surface area (Å²) in [4.78, 5) is 0. The Labute approximate surface area is 130 Å². The summed E-state index contributed by atoms with van der Waals surface area (Å²) in [6.07, 6.45) is 4.15. The monoisotopic (exact) mass is 292 g/mol. The summed E-state index contributed by atoms with van der Waals surface area (Å²) in [6.45, 7) is 0. The molecule has 3 rings (SSSR count). The van der Waals surface area contributed by atoms with Gasteiger partial charge in [0.2, 0.25) is 0 Å². The third-order valence-electron chi connectivity index (χ3n) is 4.08. The number of fused-ring (bicyclic) bond motifs is 1. The third-order valence-corrected chi connectivity index (χ3v) is 4.08. The first-order valence-corrected chi connectivity index (χ1v) is 7.71. The second kappa shape index (κ2) is 6.52. The lowest BCUT2D eigenvalue weighted by Crippen LogP contribution is -1.91. The van der Waals surface area contributed by atoms with Crippen molar-refractivity contribution in [2.24, 2.45) is 0 Å². The molecule has 3 aromatic carbocycles. The Morgan fingerprint density at radius 3 is 2.32 bits per heavy atom. The van der Waals surface area contributed by atoms with Crippen LogP contribution >= 0.6 is 0 Å². The average molecular weight is 292 g/mol. The maximum Gasteiger partial charge on any atom is 0.157 e. The molecule has 0 aliphatic carbocycles. The van der Waals surface area contributed by atoms with Gasteiger partial charge in [0.1, 0.15) is 0 Å². The van der Waals surface area contributed by atoms with Gasteiger partial charge in [0.25, 0.3) is 0 Å². The summed E-state index contributed by atoms with van der Waals surface area (Å²) >= 11 is 0. The molecule has 0 radical (unpaired) electrons. The molecule has 22 heavy (non-hydrogen) atoms. The SMILES string of the molecule is Oc1ccc(CCCCc2cccc3ccccc23)cc1O. The first-order chi connectivity index (χ1) is 10.7. The summed E-state index contributed by atoms with van der Waals surface area (Å²) in [5, 5.41) is 21.5. The van der Waals surface area contributed by atoms with E-state index in [0.717, 1.165) is 31.2 Å². The maximum absolute atomic E-state index is 9.50. The summed E-state index contributed by atoms with van der Waals surface area (Å²) < 4.78 is 0. The molecule has 0 unspecified atom stereocenters. The zero-order valence-electron chi connectivity index (χ0n) is 12.5. The molecule has 2 N–H and O–H groups in total. The number of phenolic OH excluding ortho intramolecular Hbond substituents is 2. The van der Waals surface area contributed by atoms with Crippen LogP contribution in [0.15, 0.2) is 60.7 Å². The van der Waals surface area contributed by atoms with Crippen LogP contribution in [0.1, 0.15) is 24.0 Å². The fraction of sp³-hybridized carbons (Fsp3) is 0.200. The van der Waals surface area contributed by atoms with Gasteiger partial charge in [-0.3, -0.25) is 0 Å². The van der Waals surface area contributed by atoms with E-state index in [0.29, 0.717) is 0 Å². The van der Waals surface area contributed by atoms with Crippen molar-refractivity contribution < 1.29 is 10.2 Å². The zero-order chi connectivity index (χ0) is 15.4. The van der Waals surface area contributed by atoms with Crippen LogP contribution in [0.5, 0.6) is 11.5 Å². The van der Waals surface area contributed by atoms with Crippen molar-refractivity contribution in [3.8, 4) is 11.5 Å². The minimum absolute atomic E-state index is 0.0356. The molecule has 2 heteroatoms. The van der Waals surface area contributed by atoms with Crippen LogP contribution in [-0.2, 0) is 12.8 Å². The standard InChI is InChI=1S/C20H20O2/c21-19-13-12-15(14-20(19)22)6-1-2-7-16-9-5-10-17-8-3-4-11-18(16)17/h3-5,8-14,21-22H,1-2,6-7H2. The van der Waals surface area contributed by atoms with E-state index >= 15 is 0 Å². The predicted molar refractivity (Wildman–Crippen MR) is 90.4 cm³/mol. The Bertz CT molecular complexity index is 772. The molecule has 0 aromatic heterocycles. The molecule has 0 saturated heterocycles. The number of phenols is 2. The lowest BCUT2D eigenvalue weighted by atomic mass is 9.99. The topological polar surface area (TPSA) is 40.5 Å². The van der Waals surface area contributed by atoms with E-state index in [1.54, 1.807) is 12.1 Å². The number of unbranched alkanes of at least 4 members (excludes halogenated alkanes) is 1. The molecule has 2 nitrogen and oxygen atoms in total. The number of benzene rings is 3. The molecule has 112 valence electrons. The normalized spacial score (nSPS) is 10.9. The second-order valence-electron chi connectivity index (χ2n) is 5.67. The van der Waals surface area contributed by atoms with Crippen LogP contribution < -0.4 is 0 Å². The van der Waals surface area contributed by atoms with Gasteiger partial charge in [-0.05, 0) is 59.7 Å². The minimum atomic E-state index is -0.0560. The van der Waals surface area contributed by atoms with Crippen LogP contribution in [0.2, 0.25) is 0 Å². The summed E-state index contributed by atoms with van der Waals surface area (Å²) in [5.41, 5.74) is 2.46. The number of aryl methyl sites for hydroxylation is 2. The van der Waals surface area contributed by atoms with Crippen molar-refractivity contribution in [1.29, 1.82) is 0 Å². The van der Waals surface area contributed by atoms with Crippen molar-refractivity contribution in [3.05, 3.63) is 71.8 Å². The molecule has 0 amide bonds. The fourth-order valence-corrected chi connectivity index (χ4v) is 2.88. The predicted octanol–water partition coefficient (Wildman–Crippen LogP) is 4.82. The molecule has 0 atom stereocenters. The van der Waals surface area contributed by atoms with E-state index < -0.39 is 0 Å². The zero-order valence-corrected chi connectivity index (χ0v) is 12.5. The highest BCUT2D eigenvalue weighted by molar-refractivity contribution is 5.85. The molecule has 0 saturated carbocycles. The third kappa shape index (κ3) is 3.22. The van der Waals surface area contributed by atoms with Gasteiger partial charge in [-0.2, -0.15) is 0 Å². The Morgan fingerprint density at radius 1 is 0.682 bits per heavy atom. The first-order valence-electron chi connectivity index (χ1n) is 7.71. The van der Waals surface area contributed by atoms with E-state index in [4.69, 9.17) is 0 Å². The number of hydrogen-bond acceptors (Lipinski definition) is 2. The highest BCUT2D eigenvalue weighted by atomic mass is 16.3. The number of hydrogen-bond donors (Lipinski definition) is 2. The minimum Gasteiger partial charge on any atom is -0.504 e. The van der Waals surface area contributed by atoms with Crippen molar-refractivity contribution in [2.75, 3.05) is 0 Å². The Hall–Kier alpha value is -2.48. The summed E-state index contributed by atoms with van der Waals surface area (Å²) in [5.74, 6) is -0.0916. The molecule has 3 aromatic rings. The fourth-order valence-electron chi connectivity index (χ4n) is 2.88. The second-order valence-corrected chi connectivity index (χ2v) is 5.67. The number of aromatic hydroxyl groups is 2. The summed E-state index contributed by atoms with van der Waals surface area (Å²) in [6, 6.07) is 20.0. The average Bonchev–Trinajstić information content (AvgIpc) is 2.55. The Balaban J connectivity index is 1.59. The maximum atomic E-state index is 9.50. The quantitative estimate of drug-likeness (QED) is 0.523. The Morgan fingerprint density at radius 2 is 1.45 bits per heavy atom. The van der Waals surface area contributed by atoms with Crippen molar-refractivity contribution in [1.82, 2.24) is 0 Å². The highest BCUT2D eigenvalue weighted by Gasteiger charge is 2.02. The molecule has 0 aliphatic heterocycles. The van der Waals surface area contributed by atoms with Crippen LogP contribution in [-0.4, -0.2) is 10.2 Å². The van der Waals surface area contributed by atoms with Crippen LogP contribution in [0.4, 0.5) is 0 Å².